The Kier molecular flexibility index (Phi) is 9.81. The fraction of sp³-hybridized carbons (Fsp3) is 0.417. The lowest BCUT2D eigenvalue weighted by molar-refractivity contribution is -0.159. The van der Waals surface area contributed by atoms with Crippen LogP contribution in [0.1, 0.15) is 24.0 Å². The molecule has 8 heteroatoms. The van der Waals surface area contributed by atoms with Crippen LogP contribution in [0.4, 0.5) is 0 Å². The molecule has 8 nitrogen and oxygen atoms in total. The molecule has 0 aliphatic carbocycles. The lowest BCUT2D eigenvalue weighted by atomic mass is 9.90. The van der Waals surface area contributed by atoms with Crippen LogP contribution in [-0.2, 0) is 22.6 Å². The molecule has 0 aromatic heterocycles. The number of hydrogen-bond donors (Lipinski definition) is 2. The molecular weight excluding hydrogens is 414 g/mol. The van der Waals surface area contributed by atoms with E-state index < -0.39 is 11.9 Å². The lowest BCUT2D eigenvalue weighted by Gasteiger charge is -2.32. The zero-order chi connectivity index (χ0) is 23.5. The van der Waals surface area contributed by atoms with Crippen LogP contribution in [-0.4, -0.2) is 61.5 Å². The molecule has 1 heterocycles. The zero-order valence-corrected chi connectivity index (χ0v) is 18.7. The molecule has 2 aromatic carbocycles. The van der Waals surface area contributed by atoms with Gasteiger partial charge in [-0.1, -0.05) is 30.3 Å². The number of ether oxygens (including phenoxy) is 3. The molecule has 0 unspecified atom stereocenters. The maximum Gasteiger partial charge on any atom is 0.414 e. The smallest absolute Gasteiger partial charge is 0.414 e. The van der Waals surface area contributed by atoms with Crippen molar-refractivity contribution in [2.45, 2.75) is 25.8 Å². The minimum atomic E-state index is -1.82. The Morgan fingerprint density at radius 1 is 0.875 bits per heavy atom. The molecule has 0 atom stereocenters. The largest absolute Gasteiger partial charge is 0.493 e. The number of rotatable bonds is 7. The van der Waals surface area contributed by atoms with Gasteiger partial charge >= 0.3 is 11.9 Å². The average Bonchev–Trinajstić information content (AvgIpc) is 2.80. The van der Waals surface area contributed by atoms with Crippen molar-refractivity contribution in [3.63, 3.8) is 0 Å². The van der Waals surface area contributed by atoms with Gasteiger partial charge in [-0.25, -0.2) is 9.59 Å². The summed E-state index contributed by atoms with van der Waals surface area (Å²) in [6.45, 7) is 3.18. The summed E-state index contributed by atoms with van der Waals surface area (Å²) >= 11 is 0. The molecule has 2 aromatic rings. The summed E-state index contributed by atoms with van der Waals surface area (Å²) in [5.74, 6) is -0.763. The second kappa shape index (κ2) is 12.6. The van der Waals surface area contributed by atoms with E-state index in [1.54, 1.807) is 21.3 Å². The van der Waals surface area contributed by atoms with E-state index in [9.17, 15) is 0 Å². The Bertz CT molecular complexity index is 840. The topological polar surface area (TPSA) is 106 Å². The number of nitrogens with zero attached hydrogens (tertiary/aromatic N) is 1. The first-order valence-electron chi connectivity index (χ1n) is 10.4. The van der Waals surface area contributed by atoms with Gasteiger partial charge < -0.3 is 24.4 Å². The van der Waals surface area contributed by atoms with Gasteiger partial charge in [-0.2, -0.15) is 0 Å². The van der Waals surface area contributed by atoms with E-state index in [0.717, 1.165) is 37.1 Å². The minimum absolute atomic E-state index is 0.653. The third kappa shape index (κ3) is 7.46. The molecule has 174 valence electrons. The van der Waals surface area contributed by atoms with Crippen molar-refractivity contribution in [3.8, 4) is 17.2 Å². The number of carboxylic acid groups (broad SMARTS) is 2. The Morgan fingerprint density at radius 3 is 1.84 bits per heavy atom. The van der Waals surface area contributed by atoms with Crippen LogP contribution in [0.15, 0.2) is 42.5 Å². The van der Waals surface area contributed by atoms with Gasteiger partial charge in [0.1, 0.15) is 0 Å². The van der Waals surface area contributed by atoms with E-state index in [-0.39, 0.29) is 0 Å². The number of carboxylic acids is 2. The Morgan fingerprint density at radius 2 is 1.41 bits per heavy atom. The predicted molar refractivity (Wildman–Crippen MR) is 120 cm³/mol. The van der Waals surface area contributed by atoms with Crippen LogP contribution in [0.2, 0.25) is 0 Å². The highest BCUT2D eigenvalue weighted by atomic mass is 16.5. The molecule has 1 aliphatic heterocycles. The van der Waals surface area contributed by atoms with Gasteiger partial charge in [-0.3, -0.25) is 4.90 Å². The number of methoxy groups -OCH3 is 3. The van der Waals surface area contributed by atoms with Crippen molar-refractivity contribution in [2.75, 3.05) is 34.4 Å². The Balaban J connectivity index is 0.000000534. The molecule has 3 rings (SSSR count). The first-order valence-corrected chi connectivity index (χ1v) is 10.4. The van der Waals surface area contributed by atoms with Crippen molar-refractivity contribution in [3.05, 3.63) is 53.6 Å². The van der Waals surface area contributed by atoms with Gasteiger partial charge in [0.05, 0.1) is 21.3 Å². The van der Waals surface area contributed by atoms with Gasteiger partial charge in [0, 0.05) is 6.54 Å². The van der Waals surface area contributed by atoms with Crippen LogP contribution < -0.4 is 14.2 Å². The molecular formula is C24H31NO7. The highest BCUT2D eigenvalue weighted by molar-refractivity contribution is 6.27. The molecule has 0 bridgehead atoms. The average molecular weight is 446 g/mol. The molecule has 1 fully saturated rings. The van der Waals surface area contributed by atoms with Crippen LogP contribution >= 0.6 is 0 Å². The van der Waals surface area contributed by atoms with E-state index in [4.69, 9.17) is 34.0 Å². The van der Waals surface area contributed by atoms with Gasteiger partial charge in [0.25, 0.3) is 0 Å². The maximum absolute atomic E-state index is 9.10. The van der Waals surface area contributed by atoms with Crippen LogP contribution in [0.3, 0.4) is 0 Å². The number of benzene rings is 2. The summed E-state index contributed by atoms with van der Waals surface area (Å²) in [6.07, 6.45) is 3.69. The second-order valence-corrected chi connectivity index (χ2v) is 7.55. The molecule has 1 aliphatic rings. The summed E-state index contributed by atoms with van der Waals surface area (Å²) in [6, 6.07) is 14.9. The predicted octanol–water partition coefficient (Wildman–Crippen LogP) is 3.32. The number of carbonyl (C=O) groups is 2. The third-order valence-corrected chi connectivity index (χ3v) is 5.39. The number of hydrogen-bond acceptors (Lipinski definition) is 6. The van der Waals surface area contributed by atoms with Crippen molar-refractivity contribution < 1.29 is 34.0 Å². The van der Waals surface area contributed by atoms with Crippen molar-refractivity contribution >= 4 is 11.9 Å². The normalized spacial score (nSPS) is 14.1. The fourth-order valence-corrected chi connectivity index (χ4v) is 3.78. The summed E-state index contributed by atoms with van der Waals surface area (Å²) in [5.41, 5.74) is 2.65. The minimum Gasteiger partial charge on any atom is -0.493 e. The monoisotopic (exact) mass is 445 g/mol. The first-order chi connectivity index (χ1) is 15.4. The molecule has 0 radical (unpaired) electrons. The summed E-state index contributed by atoms with van der Waals surface area (Å²) < 4.78 is 16.3. The fourth-order valence-electron chi connectivity index (χ4n) is 3.78. The summed E-state index contributed by atoms with van der Waals surface area (Å²) in [7, 11) is 4.96. The van der Waals surface area contributed by atoms with Gasteiger partial charge in [-0.15, -0.1) is 0 Å². The number of piperidine rings is 1. The van der Waals surface area contributed by atoms with Gasteiger partial charge in [0.2, 0.25) is 5.75 Å². The van der Waals surface area contributed by atoms with E-state index in [1.807, 2.05) is 0 Å². The lowest BCUT2D eigenvalue weighted by Crippen LogP contribution is -2.33. The second-order valence-electron chi connectivity index (χ2n) is 7.55. The van der Waals surface area contributed by atoms with Crippen molar-refractivity contribution in [1.82, 2.24) is 4.90 Å². The third-order valence-electron chi connectivity index (χ3n) is 5.39. The van der Waals surface area contributed by atoms with E-state index in [2.05, 4.69) is 47.4 Å². The number of likely N-dealkylation sites (tertiary alicyclic amines) is 1. The highest BCUT2D eigenvalue weighted by Gasteiger charge is 2.21. The quantitative estimate of drug-likeness (QED) is 0.626. The van der Waals surface area contributed by atoms with E-state index in [1.165, 1.54) is 30.4 Å². The molecule has 1 saturated heterocycles. The molecule has 0 amide bonds. The van der Waals surface area contributed by atoms with E-state index >= 15 is 0 Å². The Labute approximate surface area is 188 Å². The SMILES string of the molecule is COc1cc(CN2CCC(Cc3ccccc3)CC2)cc(OC)c1OC.O=C(O)C(=O)O. The van der Waals surface area contributed by atoms with Crippen LogP contribution in [0.25, 0.3) is 0 Å². The van der Waals surface area contributed by atoms with Crippen molar-refractivity contribution in [1.29, 1.82) is 0 Å². The zero-order valence-electron chi connectivity index (χ0n) is 18.7. The van der Waals surface area contributed by atoms with Gasteiger partial charge in [0.15, 0.2) is 11.5 Å². The number of aliphatic carboxylic acids is 2. The molecule has 0 saturated carbocycles. The van der Waals surface area contributed by atoms with E-state index in [0.29, 0.717) is 5.75 Å². The molecule has 2 N–H and O–H groups in total. The van der Waals surface area contributed by atoms with Crippen molar-refractivity contribution in [2.24, 2.45) is 5.92 Å². The van der Waals surface area contributed by atoms with Crippen LogP contribution in [0.5, 0.6) is 17.2 Å². The molecule has 0 spiro atoms. The standard InChI is InChI=1S/C22H29NO3.C2H2O4/c1-24-20-14-19(15-21(25-2)22(20)26-3)16-23-11-9-18(10-12-23)13-17-7-5-4-6-8-17;3-1(4)2(5)6/h4-8,14-15,18H,9-13,16H2,1-3H3;(H,3,4)(H,5,6). The molecule has 32 heavy (non-hydrogen) atoms. The first kappa shape index (κ1) is 25.0. The summed E-state index contributed by atoms with van der Waals surface area (Å²) in [4.78, 5) is 20.7. The Hall–Kier alpha value is -3.26. The summed E-state index contributed by atoms with van der Waals surface area (Å²) in [5, 5.41) is 14.8. The highest BCUT2D eigenvalue weighted by Crippen LogP contribution is 2.38. The maximum atomic E-state index is 9.10. The van der Waals surface area contributed by atoms with Gasteiger partial charge in [-0.05, 0) is 61.5 Å². The van der Waals surface area contributed by atoms with Crippen LogP contribution in [0, 0.1) is 5.92 Å².